The third-order valence-corrected chi connectivity index (χ3v) is 15.7. The highest BCUT2D eigenvalue weighted by atomic mass is 31.2. The molecule has 1 aromatic heterocycles. The topological polar surface area (TPSA) is 311 Å². The molecule has 412 valence electrons. The Hall–Kier alpha value is -7.80. The van der Waals surface area contributed by atoms with E-state index in [1.807, 2.05) is 18.2 Å². The number of carbonyl (C=O) groups is 9. The summed E-state index contributed by atoms with van der Waals surface area (Å²) in [6, 6.07) is 12.5. The molecule has 4 aromatic rings. The number of piperidine rings is 1. The number of fused-ring (bicyclic) bond motifs is 3. The fraction of sp³-hybridized carbons (Fsp3) is 0.426. The van der Waals surface area contributed by atoms with Crippen molar-refractivity contribution in [1.29, 1.82) is 0 Å². The Morgan fingerprint density at radius 2 is 1.68 bits per heavy atom. The highest BCUT2D eigenvalue weighted by molar-refractivity contribution is 7.52. The number of hydrogen-bond donors (Lipinski definition) is 8. The maximum absolute atomic E-state index is 14.9. The molecule has 0 radical (unpaired) electrons. The minimum atomic E-state index is -5.92. The number of carbonyl (C=O) groups excluding carboxylic acids is 9. The molecule has 4 aliphatic heterocycles. The maximum Gasteiger partial charge on any atom is 0.399 e. The number of H-pyrrole nitrogens is 1. The molecule has 0 aliphatic carbocycles. The first-order valence-corrected chi connectivity index (χ1v) is 27.4. The van der Waals surface area contributed by atoms with Crippen LogP contribution in [0.25, 0.3) is 10.9 Å². The molecule has 0 bridgehead atoms. The SMILES string of the molecule is C[C@H](NC(=O)[C@H](CCC(N)=O)NC(=O)[C@@H]1CC[C@@H]2CCN(C(=O)CCCCCC#Cc3cccc4c3CN(C3CCC(=O)NC3=O)C4=O)C[C@H](NC(=O)c3cc4cc(C(F)(F)P(=O)(O)O)ccc4[nH]3)C(=O)N21)c1ccccc1. The van der Waals surface area contributed by atoms with Gasteiger partial charge in [-0.25, -0.2) is 0 Å². The first-order valence-electron chi connectivity index (χ1n) is 25.8. The smallest absolute Gasteiger partial charge is 0.370 e. The molecule has 9 amide bonds. The number of halogens is 2. The van der Waals surface area contributed by atoms with Gasteiger partial charge in [-0.05, 0) is 93.3 Å². The molecule has 3 saturated heterocycles. The molecule has 21 nitrogen and oxygen atoms in total. The second kappa shape index (κ2) is 23.8. The zero-order valence-electron chi connectivity index (χ0n) is 42.6. The molecule has 4 aliphatic rings. The van der Waals surface area contributed by atoms with Crippen molar-refractivity contribution in [3.8, 4) is 11.8 Å². The number of alkyl halides is 2. The van der Waals surface area contributed by atoms with Crippen molar-refractivity contribution in [2.75, 3.05) is 13.1 Å². The number of hydrogen-bond acceptors (Lipinski definition) is 10. The van der Waals surface area contributed by atoms with E-state index in [1.54, 1.807) is 37.3 Å². The van der Waals surface area contributed by atoms with Crippen LogP contribution >= 0.6 is 7.60 Å². The predicted molar refractivity (Wildman–Crippen MR) is 276 cm³/mol. The van der Waals surface area contributed by atoms with Crippen molar-refractivity contribution in [3.05, 3.63) is 106 Å². The van der Waals surface area contributed by atoms with Crippen LogP contribution in [0.1, 0.15) is 133 Å². The Kier molecular flexibility index (Phi) is 17.2. The summed E-state index contributed by atoms with van der Waals surface area (Å²) in [6.07, 6.45) is 2.93. The van der Waals surface area contributed by atoms with Crippen LogP contribution in [-0.2, 0) is 50.3 Å². The van der Waals surface area contributed by atoms with Crippen LogP contribution in [0.3, 0.4) is 0 Å². The number of nitrogens with zero attached hydrogens (tertiary/aromatic N) is 3. The number of aromatic nitrogens is 1. The monoisotopic (exact) mass is 1100 g/mol. The average molecular weight is 1100 g/mol. The van der Waals surface area contributed by atoms with Gasteiger partial charge in [0.25, 0.3) is 11.8 Å². The number of benzene rings is 3. The average Bonchev–Trinajstić information content (AvgIpc) is 4.22. The normalized spacial score (nSPS) is 20.3. The second-order valence-electron chi connectivity index (χ2n) is 20.0. The molecule has 24 heteroatoms. The Labute approximate surface area is 446 Å². The summed E-state index contributed by atoms with van der Waals surface area (Å²) in [4.78, 5) is 146. The van der Waals surface area contributed by atoms with E-state index in [1.165, 1.54) is 20.8 Å². The lowest BCUT2D eigenvalue weighted by atomic mass is 10.0. The van der Waals surface area contributed by atoms with E-state index in [9.17, 15) is 66.3 Å². The number of unbranched alkanes of at least 4 members (excludes halogenated alkanes) is 3. The maximum atomic E-state index is 14.9. The van der Waals surface area contributed by atoms with E-state index < -0.39 is 90.5 Å². The Balaban J connectivity index is 0.944. The minimum Gasteiger partial charge on any atom is -0.370 e. The molecule has 78 heavy (non-hydrogen) atoms. The van der Waals surface area contributed by atoms with E-state index in [4.69, 9.17) is 5.73 Å². The first kappa shape index (κ1) is 56.4. The van der Waals surface area contributed by atoms with Crippen LogP contribution in [0, 0.1) is 11.8 Å². The van der Waals surface area contributed by atoms with Gasteiger partial charge in [-0.2, -0.15) is 8.78 Å². The van der Waals surface area contributed by atoms with Crippen LogP contribution in [0.2, 0.25) is 0 Å². The van der Waals surface area contributed by atoms with Gasteiger partial charge in [0.05, 0.1) is 6.04 Å². The van der Waals surface area contributed by atoms with Gasteiger partial charge in [0, 0.05) is 79.0 Å². The van der Waals surface area contributed by atoms with Crippen LogP contribution in [-0.4, -0.2) is 126 Å². The van der Waals surface area contributed by atoms with Crippen LogP contribution in [0.4, 0.5) is 8.78 Å². The highest BCUT2D eigenvalue weighted by Gasteiger charge is 2.51. The van der Waals surface area contributed by atoms with E-state index in [-0.39, 0.29) is 98.9 Å². The lowest BCUT2D eigenvalue weighted by molar-refractivity contribution is -0.145. The molecular weight excluding hydrogens is 1040 g/mol. The summed E-state index contributed by atoms with van der Waals surface area (Å²) in [5.41, 5.74) is 2.44. The summed E-state index contributed by atoms with van der Waals surface area (Å²) in [5, 5.41) is 10.6. The van der Waals surface area contributed by atoms with Crippen molar-refractivity contribution >= 4 is 71.7 Å². The van der Waals surface area contributed by atoms with Crippen molar-refractivity contribution < 1.29 is 66.3 Å². The number of imide groups is 1. The molecule has 8 rings (SSSR count). The number of amides is 9. The molecule has 3 fully saturated rings. The molecule has 9 N–H and O–H groups in total. The number of primary amides is 1. The Morgan fingerprint density at radius 1 is 0.910 bits per heavy atom. The van der Waals surface area contributed by atoms with Gasteiger partial charge in [-0.3, -0.25) is 53.0 Å². The third-order valence-electron chi connectivity index (χ3n) is 14.7. The minimum absolute atomic E-state index is 0.000388. The van der Waals surface area contributed by atoms with Crippen LogP contribution < -0.4 is 27.0 Å². The lowest BCUT2D eigenvalue weighted by Gasteiger charge is -2.39. The zero-order chi connectivity index (χ0) is 56.1. The van der Waals surface area contributed by atoms with Gasteiger partial charge in [0.2, 0.25) is 41.4 Å². The standard InChI is InChI=1S/C54H60F2N9O12P/c1-31(32-11-7-5-8-12-32)58-48(69)40(20-23-45(57)66)60-51(72)44-21-18-36-25-26-63(30-42(53(74)65(36)44)61-49(70)41-28-34-27-35(17-19-39(34)59-41)54(55,56)78(75,76)77)47(68)16-9-4-2-3-6-13-33-14-10-15-37-38(33)29-64(52(37)73)43-22-24-46(67)62-50(43)71/h5,7-8,10-12,14-15,17,19,27-28,31,36,40,42-44,59H,2-4,9,16,18,20-26,29-30H2,1H3,(H2,57,66)(H,58,69)(H,60,72)(H,61,70)(H,62,67,71)(H2,75,76,77)/t31-,36+,40-,42-,43?,44-/m0/s1. The molecule has 0 saturated carbocycles. The molecule has 5 heterocycles. The van der Waals surface area contributed by atoms with Crippen molar-refractivity contribution in [2.45, 2.75) is 132 Å². The fourth-order valence-electron chi connectivity index (χ4n) is 10.5. The summed E-state index contributed by atoms with van der Waals surface area (Å²) in [5.74, 6) is 1.20. The number of aromatic amines is 1. The quantitative estimate of drug-likeness (QED) is 0.0308. The number of nitrogens with two attached hydrogens (primary N) is 1. The van der Waals surface area contributed by atoms with Crippen molar-refractivity contribution in [1.82, 2.24) is 41.0 Å². The van der Waals surface area contributed by atoms with Crippen molar-refractivity contribution in [3.63, 3.8) is 0 Å². The van der Waals surface area contributed by atoms with Gasteiger partial charge in [0.15, 0.2) is 0 Å². The summed E-state index contributed by atoms with van der Waals surface area (Å²) in [6.45, 7) is 1.75. The van der Waals surface area contributed by atoms with E-state index in [0.717, 1.165) is 23.8 Å². The zero-order valence-corrected chi connectivity index (χ0v) is 43.5. The number of nitrogens with one attached hydrogen (secondary N) is 5. The fourth-order valence-corrected chi connectivity index (χ4v) is 10.9. The predicted octanol–water partition coefficient (Wildman–Crippen LogP) is 3.48. The van der Waals surface area contributed by atoms with Gasteiger partial charge < -0.3 is 51.2 Å². The lowest BCUT2D eigenvalue weighted by Crippen LogP contribution is -2.62. The molecule has 1 unspecified atom stereocenters. The highest BCUT2D eigenvalue weighted by Crippen LogP contribution is 2.59. The van der Waals surface area contributed by atoms with Gasteiger partial charge >= 0.3 is 13.3 Å². The van der Waals surface area contributed by atoms with Crippen LogP contribution in [0.15, 0.2) is 72.8 Å². The van der Waals surface area contributed by atoms with Crippen molar-refractivity contribution in [2.24, 2.45) is 5.73 Å². The van der Waals surface area contributed by atoms with E-state index in [2.05, 4.69) is 38.1 Å². The summed E-state index contributed by atoms with van der Waals surface area (Å²) < 4.78 is 41.0. The second-order valence-corrected chi connectivity index (χ2v) is 21.7. The molecule has 6 atom stereocenters. The molecule has 0 spiro atoms. The summed E-state index contributed by atoms with van der Waals surface area (Å²) >= 11 is 0. The van der Waals surface area contributed by atoms with Gasteiger partial charge in [-0.1, -0.05) is 60.7 Å². The van der Waals surface area contributed by atoms with Crippen LogP contribution in [0.5, 0.6) is 0 Å². The Morgan fingerprint density at radius 3 is 2.41 bits per heavy atom. The first-order chi connectivity index (χ1) is 37.1. The van der Waals surface area contributed by atoms with Gasteiger partial charge in [0.1, 0.15) is 29.9 Å². The largest absolute Gasteiger partial charge is 0.399 e. The third kappa shape index (κ3) is 12.6. The van der Waals surface area contributed by atoms with Gasteiger partial charge in [-0.15, -0.1) is 0 Å². The molecular formula is C54H60F2N9O12P. The summed E-state index contributed by atoms with van der Waals surface area (Å²) in [7, 11) is -5.92. The molecule has 3 aromatic carbocycles. The Bertz CT molecular complexity index is 3160. The van der Waals surface area contributed by atoms with E-state index >= 15 is 0 Å². The van der Waals surface area contributed by atoms with E-state index in [0.29, 0.717) is 48.8 Å². The number of rotatable bonds is 18.